The maximum absolute atomic E-state index is 12.1. The molecule has 2 N–H and O–H groups in total. The summed E-state index contributed by atoms with van der Waals surface area (Å²) < 4.78 is 1.77. The quantitative estimate of drug-likeness (QED) is 0.821. The van der Waals surface area contributed by atoms with Crippen LogP contribution in [0, 0.1) is 19.8 Å². The van der Waals surface area contributed by atoms with Crippen LogP contribution in [0.3, 0.4) is 0 Å². The summed E-state index contributed by atoms with van der Waals surface area (Å²) in [4.78, 5) is 14.0. The molecule has 1 aliphatic heterocycles. The molecule has 1 saturated heterocycles. The van der Waals surface area contributed by atoms with Gasteiger partial charge in [0, 0.05) is 18.8 Å². The largest absolute Gasteiger partial charge is 0.341 e. The standard InChI is InChI=1S/C12H20N4O/c1-9-5-10(2)16(14-9)8-12(17)15-4-3-11(6-13)7-15/h5,11H,3-4,6-8,13H2,1-2H3. The number of rotatable bonds is 3. The van der Waals surface area contributed by atoms with Gasteiger partial charge in [-0.3, -0.25) is 9.48 Å². The van der Waals surface area contributed by atoms with Gasteiger partial charge in [-0.1, -0.05) is 0 Å². The van der Waals surface area contributed by atoms with Crippen molar-refractivity contribution < 1.29 is 4.79 Å². The zero-order valence-corrected chi connectivity index (χ0v) is 10.5. The summed E-state index contributed by atoms with van der Waals surface area (Å²) in [6, 6.07) is 1.99. The number of amides is 1. The molecule has 0 radical (unpaired) electrons. The number of aromatic nitrogens is 2. The summed E-state index contributed by atoms with van der Waals surface area (Å²) in [5.74, 6) is 0.617. The molecule has 0 saturated carbocycles. The van der Waals surface area contributed by atoms with E-state index in [1.165, 1.54) is 0 Å². The Hall–Kier alpha value is -1.36. The van der Waals surface area contributed by atoms with Crippen LogP contribution in [-0.4, -0.2) is 40.2 Å². The summed E-state index contributed by atoms with van der Waals surface area (Å²) in [5.41, 5.74) is 7.61. The van der Waals surface area contributed by atoms with Gasteiger partial charge in [-0.2, -0.15) is 5.10 Å². The van der Waals surface area contributed by atoms with Gasteiger partial charge >= 0.3 is 0 Å². The maximum atomic E-state index is 12.1. The SMILES string of the molecule is Cc1cc(C)n(CC(=O)N2CCC(CN)C2)n1. The Balaban J connectivity index is 1.96. The van der Waals surface area contributed by atoms with Crippen molar-refractivity contribution in [2.45, 2.75) is 26.8 Å². The first-order valence-electron chi connectivity index (χ1n) is 6.09. The van der Waals surface area contributed by atoms with E-state index in [1.807, 2.05) is 24.8 Å². The Morgan fingerprint density at radius 1 is 1.59 bits per heavy atom. The van der Waals surface area contributed by atoms with E-state index in [-0.39, 0.29) is 5.91 Å². The van der Waals surface area contributed by atoms with Gasteiger partial charge in [0.1, 0.15) is 6.54 Å². The normalized spacial score (nSPS) is 19.9. The van der Waals surface area contributed by atoms with Crippen LogP contribution >= 0.6 is 0 Å². The number of carbonyl (C=O) groups is 1. The van der Waals surface area contributed by atoms with Crippen molar-refractivity contribution in [2.24, 2.45) is 11.7 Å². The molecule has 2 heterocycles. The van der Waals surface area contributed by atoms with Crippen LogP contribution in [0.1, 0.15) is 17.8 Å². The Morgan fingerprint density at radius 2 is 2.35 bits per heavy atom. The number of nitrogens with zero attached hydrogens (tertiary/aromatic N) is 3. The predicted octanol–water partition coefficient (Wildman–Crippen LogP) is 0.307. The number of hydrogen-bond donors (Lipinski definition) is 1. The third-order valence-corrected chi connectivity index (χ3v) is 3.36. The summed E-state index contributed by atoms with van der Waals surface area (Å²) in [6.07, 6.45) is 1.03. The fourth-order valence-electron chi connectivity index (χ4n) is 2.31. The number of hydrogen-bond acceptors (Lipinski definition) is 3. The minimum absolute atomic E-state index is 0.146. The van der Waals surface area contributed by atoms with E-state index in [1.54, 1.807) is 4.68 Å². The van der Waals surface area contributed by atoms with E-state index in [9.17, 15) is 4.79 Å². The fourth-order valence-corrected chi connectivity index (χ4v) is 2.31. The van der Waals surface area contributed by atoms with Crippen LogP contribution in [0.2, 0.25) is 0 Å². The summed E-state index contributed by atoms with van der Waals surface area (Å²) in [7, 11) is 0. The van der Waals surface area contributed by atoms with Gasteiger partial charge in [-0.25, -0.2) is 0 Å². The van der Waals surface area contributed by atoms with Crippen molar-refractivity contribution in [3.63, 3.8) is 0 Å². The molecule has 5 nitrogen and oxygen atoms in total. The fraction of sp³-hybridized carbons (Fsp3) is 0.667. The first kappa shape index (κ1) is 12.1. The molecule has 94 valence electrons. The van der Waals surface area contributed by atoms with Crippen molar-refractivity contribution in [1.29, 1.82) is 0 Å². The third kappa shape index (κ3) is 2.66. The molecule has 1 fully saturated rings. The topological polar surface area (TPSA) is 64.2 Å². The molecule has 0 aromatic carbocycles. The number of carbonyl (C=O) groups excluding carboxylic acids is 1. The Morgan fingerprint density at radius 3 is 2.88 bits per heavy atom. The van der Waals surface area contributed by atoms with Crippen molar-refractivity contribution >= 4 is 5.91 Å². The molecule has 1 aliphatic rings. The van der Waals surface area contributed by atoms with Crippen molar-refractivity contribution in [2.75, 3.05) is 19.6 Å². The first-order chi connectivity index (χ1) is 8.10. The predicted molar refractivity (Wildman–Crippen MR) is 65.4 cm³/mol. The Labute approximate surface area is 102 Å². The van der Waals surface area contributed by atoms with Crippen molar-refractivity contribution in [1.82, 2.24) is 14.7 Å². The lowest BCUT2D eigenvalue weighted by Gasteiger charge is -2.16. The monoisotopic (exact) mass is 236 g/mol. The molecule has 0 aliphatic carbocycles. The second-order valence-electron chi connectivity index (χ2n) is 4.81. The van der Waals surface area contributed by atoms with Gasteiger partial charge in [0.2, 0.25) is 5.91 Å². The van der Waals surface area contributed by atoms with Gasteiger partial charge in [-0.15, -0.1) is 0 Å². The van der Waals surface area contributed by atoms with E-state index in [4.69, 9.17) is 5.73 Å². The second-order valence-corrected chi connectivity index (χ2v) is 4.81. The summed E-state index contributed by atoms with van der Waals surface area (Å²) >= 11 is 0. The van der Waals surface area contributed by atoms with Gasteiger partial charge in [0.05, 0.1) is 5.69 Å². The van der Waals surface area contributed by atoms with Crippen molar-refractivity contribution in [3.05, 3.63) is 17.5 Å². The highest BCUT2D eigenvalue weighted by atomic mass is 16.2. The molecule has 1 aromatic heterocycles. The van der Waals surface area contributed by atoms with Gasteiger partial charge in [0.15, 0.2) is 0 Å². The number of likely N-dealkylation sites (tertiary alicyclic amines) is 1. The van der Waals surface area contributed by atoms with E-state index in [0.29, 0.717) is 19.0 Å². The lowest BCUT2D eigenvalue weighted by Crippen LogP contribution is -2.33. The van der Waals surface area contributed by atoms with Gasteiger partial charge < -0.3 is 10.6 Å². The minimum Gasteiger partial charge on any atom is -0.341 e. The van der Waals surface area contributed by atoms with E-state index < -0.39 is 0 Å². The highest BCUT2D eigenvalue weighted by Gasteiger charge is 2.25. The van der Waals surface area contributed by atoms with E-state index >= 15 is 0 Å². The highest BCUT2D eigenvalue weighted by Crippen LogP contribution is 2.15. The molecule has 1 aromatic rings. The molecular weight excluding hydrogens is 216 g/mol. The average molecular weight is 236 g/mol. The van der Waals surface area contributed by atoms with Crippen LogP contribution in [0.4, 0.5) is 0 Å². The molecule has 1 unspecified atom stereocenters. The molecule has 0 spiro atoms. The van der Waals surface area contributed by atoms with Crippen LogP contribution in [0.5, 0.6) is 0 Å². The smallest absolute Gasteiger partial charge is 0.244 e. The summed E-state index contributed by atoms with van der Waals surface area (Å²) in [5, 5.41) is 4.31. The van der Waals surface area contributed by atoms with Crippen LogP contribution in [0.25, 0.3) is 0 Å². The zero-order chi connectivity index (χ0) is 12.4. The Bertz CT molecular complexity index is 413. The van der Waals surface area contributed by atoms with Gasteiger partial charge in [-0.05, 0) is 38.8 Å². The molecule has 1 amide bonds. The average Bonchev–Trinajstić information content (AvgIpc) is 2.86. The minimum atomic E-state index is 0.146. The maximum Gasteiger partial charge on any atom is 0.244 e. The van der Waals surface area contributed by atoms with E-state index in [0.717, 1.165) is 30.9 Å². The van der Waals surface area contributed by atoms with Crippen LogP contribution < -0.4 is 5.73 Å². The molecule has 17 heavy (non-hydrogen) atoms. The van der Waals surface area contributed by atoms with E-state index in [2.05, 4.69) is 5.10 Å². The summed E-state index contributed by atoms with van der Waals surface area (Å²) in [6.45, 7) is 6.56. The lowest BCUT2D eigenvalue weighted by molar-refractivity contribution is -0.131. The molecule has 1 atom stereocenters. The molecule has 0 bridgehead atoms. The Kier molecular flexibility index (Phi) is 3.47. The van der Waals surface area contributed by atoms with Crippen LogP contribution in [0.15, 0.2) is 6.07 Å². The van der Waals surface area contributed by atoms with Crippen LogP contribution in [-0.2, 0) is 11.3 Å². The molecule has 5 heteroatoms. The first-order valence-corrected chi connectivity index (χ1v) is 6.09. The third-order valence-electron chi connectivity index (χ3n) is 3.36. The van der Waals surface area contributed by atoms with Gasteiger partial charge in [0.25, 0.3) is 0 Å². The zero-order valence-electron chi connectivity index (χ0n) is 10.5. The van der Waals surface area contributed by atoms with Crippen molar-refractivity contribution in [3.8, 4) is 0 Å². The number of aryl methyl sites for hydroxylation is 2. The second kappa shape index (κ2) is 4.87. The highest BCUT2D eigenvalue weighted by molar-refractivity contribution is 5.76. The molecule has 2 rings (SSSR count). The molecular formula is C12H20N4O. The lowest BCUT2D eigenvalue weighted by atomic mass is 10.1. The number of nitrogens with two attached hydrogens (primary N) is 1.